The van der Waals surface area contributed by atoms with Gasteiger partial charge in [-0.25, -0.2) is 0 Å². The molecule has 2 nitrogen and oxygen atoms in total. The molecule has 0 heterocycles. The van der Waals surface area contributed by atoms with E-state index in [0.717, 1.165) is 6.61 Å². The van der Waals surface area contributed by atoms with E-state index >= 15 is 0 Å². The molecule has 0 atom stereocenters. The minimum Gasteiger partial charge on any atom is -0.407 e. The van der Waals surface area contributed by atoms with Crippen LogP contribution in [0.5, 0.6) is 0 Å². The van der Waals surface area contributed by atoms with Crippen molar-refractivity contribution in [3.05, 3.63) is 60.7 Å². The molecule has 0 bridgehead atoms. The first-order valence-electron chi connectivity index (χ1n) is 10.6. The van der Waals surface area contributed by atoms with E-state index < -0.39 is 8.32 Å². The highest BCUT2D eigenvalue weighted by molar-refractivity contribution is 6.99. The normalized spacial score (nSPS) is 20.5. The first kappa shape index (κ1) is 20.8. The highest BCUT2D eigenvalue weighted by Crippen LogP contribution is 2.38. The molecule has 1 saturated carbocycles. The molecule has 0 spiro atoms. The number of nitriles is 1. The van der Waals surface area contributed by atoms with Gasteiger partial charge in [0, 0.05) is 13.0 Å². The maximum atomic E-state index is 8.97. The molecule has 2 aromatic carbocycles. The van der Waals surface area contributed by atoms with Gasteiger partial charge in [-0.3, -0.25) is 0 Å². The molecular weight excluding hydrogens is 358 g/mol. The van der Waals surface area contributed by atoms with Crippen LogP contribution in [0.3, 0.4) is 0 Å². The molecule has 3 rings (SSSR count). The topological polar surface area (TPSA) is 33.0 Å². The Hall–Kier alpha value is -1.89. The van der Waals surface area contributed by atoms with Gasteiger partial charge in [0.2, 0.25) is 0 Å². The molecule has 1 fully saturated rings. The van der Waals surface area contributed by atoms with Crippen molar-refractivity contribution >= 4 is 18.7 Å². The van der Waals surface area contributed by atoms with Crippen LogP contribution in [-0.2, 0) is 4.43 Å². The van der Waals surface area contributed by atoms with Gasteiger partial charge in [-0.2, -0.15) is 5.26 Å². The Bertz CT molecular complexity index is 728. The van der Waals surface area contributed by atoms with Gasteiger partial charge in [-0.1, -0.05) is 81.4 Å². The van der Waals surface area contributed by atoms with Crippen molar-refractivity contribution in [1.82, 2.24) is 0 Å². The Kier molecular flexibility index (Phi) is 6.75. The predicted molar refractivity (Wildman–Crippen MR) is 119 cm³/mol. The van der Waals surface area contributed by atoms with Crippen LogP contribution in [0.4, 0.5) is 0 Å². The van der Waals surface area contributed by atoms with E-state index in [1.807, 2.05) is 0 Å². The lowest BCUT2D eigenvalue weighted by Gasteiger charge is -2.44. The zero-order valence-corrected chi connectivity index (χ0v) is 18.5. The first-order chi connectivity index (χ1) is 13.5. The summed E-state index contributed by atoms with van der Waals surface area (Å²) in [6.07, 6.45) is 5.42. The summed E-state index contributed by atoms with van der Waals surface area (Å²) >= 11 is 0. The van der Waals surface area contributed by atoms with Crippen LogP contribution in [0.1, 0.15) is 52.9 Å². The molecule has 0 aromatic heterocycles. The van der Waals surface area contributed by atoms with E-state index in [2.05, 4.69) is 87.5 Å². The lowest BCUT2D eigenvalue weighted by atomic mass is 9.81. The molecule has 0 radical (unpaired) electrons. The van der Waals surface area contributed by atoms with Gasteiger partial charge >= 0.3 is 0 Å². The van der Waals surface area contributed by atoms with Crippen molar-refractivity contribution in [2.75, 3.05) is 6.61 Å². The zero-order valence-electron chi connectivity index (χ0n) is 17.5. The second-order valence-electron chi connectivity index (χ2n) is 9.22. The smallest absolute Gasteiger partial charge is 0.261 e. The van der Waals surface area contributed by atoms with E-state index in [9.17, 15) is 0 Å². The Morgan fingerprint density at radius 1 is 0.857 bits per heavy atom. The van der Waals surface area contributed by atoms with E-state index in [-0.39, 0.29) is 5.04 Å². The molecule has 0 amide bonds. The van der Waals surface area contributed by atoms with Crippen LogP contribution in [0.2, 0.25) is 5.04 Å². The van der Waals surface area contributed by atoms with E-state index in [1.165, 1.54) is 36.1 Å². The van der Waals surface area contributed by atoms with Crippen molar-refractivity contribution < 1.29 is 4.43 Å². The summed E-state index contributed by atoms with van der Waals surface area (Å²) in [4.78, 5) is 0. The summed E-state index contributed by atoms with van der Waals surface area (Å²) in [5, 5.41) is 11.7. The summed E-state index contributed by atoms with van der Waals surface area (Å²) in [5.74, 6) is 1.20. The van der Waals surface area contributed by atoms with Crippen molar-refractivity contribution in [3.8, 4) is 6.07 Å². The SMILES string of the molecule is CC(C)(C)[Si](OCC1CCC(CC#N)CC1)(c1ccccc1)c1ccccc1. The average Bonchev–Trinajstić information content (AvgIpc) is 2.70. The summed E-state index contributed by atoms with van der Waals surface area (Å²) < 4.78 is 7.07. The van der Waals surface area contributed by atoms with Gasteiger partial charge in [0.1, 0.15) is 0 Å². The number of rotatable bonds is 6. The van der Waals surface area contributed by atoms with E-state index in [4.69, 9.17) is 9.69 Å². The highest BCUT2D eigenvalue weighted by atomic mass is 28.4. The lowest BCUT2D eigenvalue weighted by Crippen LogP contribution is -2.66. The molecule has 3 heteroatoms. The molecule has 1 aliphatic carbocycles. The van der Waals surface area contributed by atoms with Gasteiger partial charge in [0.25, 0.3) is 8.32 Å². The predicted octanol–water partition coefficient (Wildman–Crippen LogP) is 5.28. The van der Waals surface area contributed by atoms with E-state index in [0.29, 0.717) is 18.3 Å². The number of benzene rings is 2. The summed E-state index contributed by atoms with van der Waals surface area (Å²) in [5.41, 5.74) is 0. The van der Waals surface area contributed by atoms with Gasteiger partial charge in [-0.15, -0.1) is 0 Å². The van der Waals surface area contributed by atoms with Crippen molar-refractivity contribution in [2.24, 2.45) is 11.8 Å². The van der Waals surface area contributed by atoms with Crippen LogP contribution in [0.25, 0.3) is 0 Å². The fourth-order valence-corrected chi connectivity index (χ4v) is 9.38. The fourth-order valence-electron chi connectivity index (χ4n) is 4.74. The second-order valence-corrected chi connectivity index (χ2v) is 13.5. The molecule has 0 aliphatic heterocycles. The third-order valence-electron chi connectivity index (χ3n) is 6.30. The van der Waals surface area contributed by atoms with Gasteiger partial charge in [0.05, 0.1) is 6.07 Å². The van der Waals surface area contributed by atoms with E-state index in [1.54, 1.807) is 0 Å². The van der Waals surface area contributed by atoms with Crippen LogP contribution in [-0.4, -0.2) is 14.9 Å². The largest absolute Gasteiger partial charge is 0.407 e. The lowest BCUT2D eigenvalue weighted by molar-refractivity contribution is 0.176. The third-order valence-corrected chi connectivity index (χ3v) is 11.3. The standard InChI is InChI=1S/C25H33NOSi/c1-25(2,3)28(23-10-6-4-7-11-23,24-12-8-5-9-13-24)27-20-22-16-14-21(15-17-22)18-19-26/h4-13,21-22H,14-18,20H2,1-3H3. The number of hydrogen-bond acceptors (Lipinski definition) is 2. The van der Waals surface area contributed by atoms with Crippen molar-refractivity contribution in [3.63, 3.8) is 0 Å². The molecule has 1 aliphatic rings. The van der Waals surface area contributed by atoms with Crippen molar-refractivity contribution in [1.29, 1.82) is 5.26 Å². The van der Waals surface area contributed by atoms with Gasteiger partial charge in [-0.05, 0) is 52.9 Å². The van der Waals surface area contributed by atoms with Crippen LogP contribution >= 0.6 is 0 Å². The Balaban J connectivity index is 1.88. The minimum atomic E-state index is -2.42. The Labute approximate surface area is 171 Å². The fraction of sp³-hybridized carbons (Fsp3) is 0.480. The molecule has 0 unspecified atom stereocenters. The maximum Gasteiger partial charge on any atom is 0.261 e. The first-order valence-corrected chi connectivity index (χ1v) is 12.5. The van der Waals surface area contributed by atoms with Crippen LogP contribution in [0, 0.1) is 23.2 Å². The quantitative estimate of drug-likeness (QED) is 0.627. The molecule has 0 saturated heterocycles. The highest BCUT2D eigenvalue weighted by Gasteiger charge is 2.50. The third kappa shape index (κ3) is 4.40. The monoisotopic (exact) mass is 391 g/mol. The average molecular weight is 392 g/mol. The number of nitrogens with zero attached hydrogens (tertiary/aromatic N) is 1. The second kappa shape index (κ2) is 9.07. The van der Waals surface area contributed by atoms with Gasteiger partial charge < -0.3 is 4.43 Å². The van der Waals surface area contributed by atoms with Crippen LogP contribution in [0.15, 0.2) is 60.7 Å². The molecule has 2 aromatic rings. The summed E-state index contributed by atoms with van der Waals surface area (Å²) in [6, 6.07) is 24.1. The summed E-state index contributed by atoms with van der Waals surface area (Å²) in [6.45, 7) is 7.83. The Morgan fingerprint density at radius 3 is 1.75 bits per heavy atom. The zero-order chi connectivity index (χ0) is 20.0. The number of hydrogen-bond donors (Lipinski definition) is 0. The molecule has 28 heavy (non-hydrogen) atoms. The molecule has 148 valence electrons. The summed E-state index contributed by atoms with van der Waals surface area (Å²) in [7, 11) is -2.42. The molecule has 0 N–H and O–H groups in total. The van der Waals surface area contributed by atoms with Crippen molar-refractivity contribution in [2.45, 2.75) is 57.9 Å². The van der Waals surface area contributed by atoms with Crippen LogP contribution < -0.4 is 10.4 Å². The minimum absolute atomic E-state index is 0.0354. The molecular formula is C25H33NOSi. The van der Waals surface area contributed by atoms with Gasteiger partial charge in [0.15, 0.2) is 0 Å². The Morgan fingerprint density at radius 2 is 1.32 bits per heavy atom. The maximum absolute atomic E-state index is 8.97.